The lowest BCUT2D eigenvalue weighted by Gasteiger charge is -2.22. The van der Waals surface area contributed by atoms with E-state index in [0.717, 1.165) is 11.1 Å². The smallest absolute Gasteiger partial charge is 0.257 e. The molecular formula is C18H20N4O4. The summed E-state index contributed by atoms with van der Waals surface area (Å²) in [6, 6.07) is 13.5. The molecule has 0 bridgehead atoms. The largest absolute Gasteiger partial charge is 0.366 e. The standard InChI is InChI=1S/C18H20N4O4/c19-17(24)14-5-1-3-12(7-14)9-22(11-16(23)21-26)10-13-4-2-6-15(8-13)18(20)25/h1-8,26H,9-11H2,(H2,19,24)(H2,20,25)(H,21,23). The SMILES string of the molecule is NC(=O)c1cccc(CN(CC(=O)NO)Cc2cccc(C(N)=O)c2)c1. The third-order valence-corrected chi connectivity index (χ3v) is 3.73. The number of primary amides is 2. The number of hydrogen-bond donors (Lipinski definition) is 4. The van der Waals surface area contributed by atoms with Gasteiger partial charge in [-0.3, -0.25) is 24.5 Å². The van der Waals surface area contributed by atoms with Crippen molar-refractivity contribution in [1.29, 1.82) is 0 Å². The maximum absolute atomic E-state index is 11.6. The minimum atomic E-state index is -0.581. The molecule has 0 aromatic heterocycles. The molecule has 0 saturated carbocycles. The normalized spacial score (nSPS) is 10.5. The number of rotatable bonds is 8. The Bertz CT molecular complexity index is 763. The molecule has 6 N–H and O–H groups in total. The van der Waals surface area contributed by atoms with Gasteiger partial charge in [-0.25, -0.2) is 5.48 Å². The second-order valence-electron chi connectivity index (χ2n) is 5.81. The van der Waals surface area contributed by atoms with Gasteiger partial charge in [0.1, 0.15) is 0 Å². The maximum Gasteiger partial charge on any atom is 0.257 e. The molecule has 0 aliphatic rings. The lowest BCUT2D eigenvalue weighted by molar-refractivity contribution is -0.130. The Hall–Kier alpha value is -3.23. The Morgan fingerprint density at radius 1 is 0.885 bits per heavy atom. The molecule has 26 heavy (non-hydrogen) atoms. The van der Waals surface area contributed by atoms with Gasteiger partial charge in [0, 0.05) is 24.2 Å². The summed E-state index contributed by atoms with van der Waals surface area (Å²) in [7, 11) is 0. The van der Waals surface area contributed by atoms with Crippen LogP contribution in [0.15, 0.2) is 48.5 Å². The van der Waals surface area contributed by atoms with E-state index in [9.17, 15) is 14.4 Å². The van der Waals surface area contributed by atoms with Gasteiger partial charge in [-0.05, 0) is 35.4 Å². The van der Waals surface area contributed by atoms with E-state index in [1.807, 2.05) is 0 Å². The summed E-state index contributed by atoms with van der Waals surface area (Å²) < 4.78 is 0. The fraction of sp³-hybridized carbons (Fsp3) is 0.167. The molecule has 0 fully saturated rings. The van der Waals surface area contributed by atoms with Crippen molar-refractivity contribution >= 4 is 17.7 Å². The molecule has 136 valence electrons. The molecule has 0 aliphatic carbocycles. The first-order chi connectivity index (χ1) is 12.4. The number of nitrogens with one attached hydrogen (secondary N) is 1. The van der Waals surface area contributed by atoms with E-state index in [0.29, 0.717) is 24.2 Å². The predicted molar refractivity (Wildman–Crippen MR) is 94.0 cm³/mol. The van der Waals surface area contributed by atoms with Gasteiger partial charge in [0.15, 0.2) is 0 Å². The zero-order chi connectivity index (χ0) is 19.1. The molecule has 0 radical (unpaired) electrons. The van der Waals surface area contributed by atoms with E-state index in [1.165, 1.54) is 0 Å². The van der Waals surface area contributed by atoms with Gasteiger partial charge in [-0.2, -0.15) is 0 Å². The van der Waals surface area contributed by atoms with Crippen molar-refractivity contribution in [2.75, 3.05) is 6.54 Å². The molecule has 2 aromatic carbocycles. The van der Waals surface area contributed by atoms with Gasteiger partial charge < -0.3 is 11.5 Å². The van der Waals surface area contributed by atoms with E-state index < -0.39 is 17.7 Å². The average Bonchev–Trinajstić information content (AvgIpc) is 2.61. The fourth-order valence-electron chi connectivity index (χ4n) is 2.57. The first kappa shape index (κ1) is 19.1. The lowest BCUT2D eigenvalue weighted by atomic mass is 10.1. The second-order valence-corrected chi connectivity index (χ2v) is 5.81. The molecule has 8 nitrogen and oxygen atoms in total. The van der Waals surface area contributed by atoms with Crippen molar-refractivity contribution in [2.45, 2.75) is 13.1 Å². The van der Waals surface area contributed by atoms with Crippen molar-refractivity contribution in [1.82, 2.24) is 10.4 Å². The van der Waals surface area contributed by atoms with Gasteiger partial charge in [0.05, 0.1) is 6.54 Å². The topological polar surface area (TPSA) is 139 Å². The van der Waals surface area contributed by atoms with Crippen LogP contribution in [0.25, 0.3) is 0 Å². The minimum Gasteiger partial charge on any atom is -0.366 e. The van der Waals surface area contributed by atoms with Crippen LogP contribution < -0.4 is 16.9 Å². The first-order valence-electron chi connectivity index (χ1n) is 7.82. The summed E-state index contributed by atoms with van der Waals surface area (Å²) in [5.74, 6) is -1.66. The van der Waals surface area contributed by atoms with Crippen LogP contribution in [0.4, 0.5) is 0 Å². The summed E-state index contributed by atoms with van der Waals surface area (Å²) in [4.78, 5) is 36.0. The summed E-state index contributed by atoms with van der Waals surface area (Å²) in [5, 5.41) is 8.80. The highest BCUT2D eigenvalue weighted by Gasteiger charge is 2.13. The summed E-state index contributed by atoms with van der Waals surface area (Å²) in [6.07, 6.45) is 0. The van der Waals surface area contributed by atoms with Crippen LogP contribution in [0.2, 0.25) is 0 Å². The highest BCUT2D eigenvalue weighted by atomic mass is 16.5. The van der Waals surface area contributed by atoms with Crippen LogP contribution in [0.1, 0.15) is 31.8 Å². The van der Waals surface area contributed by atoms with Gasteiger partial charge in [0.25, 0.3) is 5.91 Å². The Morgan fingerprint density at radius 3 is 1.73 bits per heavy atom. The Balaban J connectivity index is 2.22. The van der Waals surface area contributed by atoms with Crippen molar-refractivity contribution in [3.8, 4) is 0 Å². The Labute approximate surface area is 150 Å². The van der Waals surface area contributed by atoms with Gasteiger partial charge in [-0.1, -0.05) is 24.3 Å². The van der Waals surface area contributed by atoms with Crippen LogP contribution >= 0.6 is 0 Å². The highest BCUT2D eigenvalue weighted by Crippen LogP contribution is 2.13. The number of nitrogens with two attached hydrogens (primary N) is 2. The van der Waals surface area contributed by atoms with Crippen molar-refractivity contribution in [3.05, 3.63) is 70.8 Å². The molecular weight excluding hydrogens is 336 g/mol. The fourth-order valence-corrected chi connectivity index (χ4v) is 2.57. The van der Waals surface area contributed by atoms with Gasteiger partial charge in [0.2, 0.25) is 11.8 Å². The van der Waals surface area contributed by atoms with Crippen molar-refractivity contribution < 1.29 is 19.6 Å². The zero-order valence-corrected chi connectivity index (χ0v) is 14.0. The van der Waals surface area contributed by atoms with E-state index in [4.69, 9.17) is 16.7 Å². The number of amides is 3. The third-order valence-electron chi connectivity index (χ3n) is 3.73. The second kappa shape index (κ2) is 8.75. The predicted octanol–water partition coefficient (Wildman–Crippen LogP) is 0.392. The number of hydrogen-bond acceptors (Lipinski definition) is 5. The molecule has 0 heterocycles. The van der Waals surface area contributed by atoms with Crippen molar-refractivity contribution in [2.24, 2.45) is 11.5 Å². The van der Waals surface area contributed by atoms with E-state index >= 15 is 0 Å². The molecule has 0 atom stereocenters. The summed E-state index contributed by atoms with van der Waals surface area (Å²) in [5.41, 5.74) is 14.5. The number of carbonyl (C=O) groups excluding carboxylic acids is 3. The number of hydroxylamine groups is 1. The molecule has 0 aliphatic heterocycles. The van der Waals surface area contributed by atoms with Gasteiger partial charge in [-0.15, -0.1) is 0 Å². The molecule has 0 saturated heterocycles. The number of benzene rings is 2. The Morgan fingerprint density at radius 2 is 1.35 bits per heavy atom. The lowest BCUT2D eigenvalue weighted by Crippen LogP contribution is -2.35. The van der Waals surface area contributed by atoms with Crippen LogP contribution in [-0.2, 0) is 17.9 Å². The Kier molecular flexibility index (Phi) is 6.42. The first-order valence-corrected chi connectivity index (χ1v) is 7.82. The quantitative estimate of drug-likeness (QED) is 0.400. The molecule has 0 unspecified atom stereocenters. The molecule has 3 amide bonds. The minimum absolute atomic E-state index is 0.0852. The van der Waals surface area contributed by atoms with Crippen LogP contribution in [-0.4, -0.2) is 34.4 Å². The highest BCUT2D eigenvalue weighted by molar-refractivity contribution is 5.93. The van der Waals surface area contributed by atoms with Gasteiger partial charge >= 0.3 is 0 Å². The van der Waals surface area contributed by atoms with Crippen molar-refractivity contribution in [3.63, 3.8) is 0 Å². The molecule has 2 aromatic rings. The van der Waals surface area contributed by atoms with Crippen LogP contribution in [0.3, 0.4) is 0 Å². The van der Waals surface area contributed by atoms with E-state index in [2.05, 4.69) is 0 Å². The molecule has 0 spiro atoms. The summed E-state index contributed by atoms with van der Waals surface area (Å²) >= 11 is 0. The van der Waals surface area contributed by atoms with Crippen LogP contribution in [0, 0.1) is 0 Å². The maximum atomic E-state index is 11.6. The third kappa shape index (κ3) is 5.40. The monoisotopic (exact) mass is 356 g/mol. The number of carbonyl (C=O) groups is 3. The van der Waals surface area contributed by atoms with Crippen LogP contribution in [0.5, 0.6) is 0 Å². The molecule has 8 heteroatoms. The summed E-state index contributed by atoms with van der Waals surface area (Å²) in [6.45, 7) is 0.572. The van der Waals surface area contributed by atoms with E-state index in [1.54, 1.807) is 58.9 Å². The zero-order valence-electron chi connectivity index (χ0n) is 14.0. The number of nitrogens with zero attached hydrogens (tertiary/aromatic N) is 1. The molecule has 2 rings (SSSR count). The van der Waals surface area contributed by atoms with E-state index in [-0.39, 0.29) is 6.54 Å². The average molecular weight is 356 g/mol.